The van der Waals surface area contributed by atoms with E-state index in [9.17, 15) is 5.11 Å². The Hall–Kier alpha value is -2.43. The van der Waals surface area contributed by atoms with E-state index < -0.39 is 0 Å². The van der Waals surface area contributed by atoms with Crippen LogP contribution in [-0.4, -0.2) is 15.2 Å². The fourth-order valence-corrected chi connectivity index (χ4v) is 2.06. The van der Waals surface area contributed by atoms with Crippen LogP contribution in [0.1, 0.15) is 5.69 Å². The van der Waals surface area contributed by atoms with Gasteiger partial charge in [-0.2, -0.15) is 0 Å². The lowest BCUT2D eigenvalue weighted by atomic mass is 10.1. The summed E-state index contributed by atoms with van der Waals surface area (Å²) in [4.78, 5) is 3.19. The van der Waals surface area contributed by atoms with Crippen LogP contribution in [0.5, 0.6) is 5.75 Å². The highest BCUT2D eigenvalue weighted by Gasteiger charge is 2.14. The molecule has 2 heterocycles. The molecule has 0 aliphatic carbocycles. The average Bonchev–Trinajstić information content (AvgIpc) is 2.80. The lowest BCUT2D eigenvalue weighted by molar-refractivity contribution is 0.439. The molecule has 5 nitrogen and oxygen atoms in total. The molecular formula is C12H11N3O2. The van der Waals surface area contributed by atoms with Crippen LogP contribution in [0.25, 0.3) is 22.2 Å². The zero-order chi connectivity index (χ0) is 12.0. The zero-order valence-corrected chi connectivity index (χ0v) is 9.19. The predicted octanol–water partition coefficient (Wildman–Crippen LogP) is 2.42. The maximum atomic E-state index is 9.43. The number of aromatic amines is 1. The minimum atomic E-state index is 0.227. The maximum absolute atomic E-state index is 9.43. The normalized spacial score (nSPS) is 11.1. The third kappa shape index (κ3) is 1.44. The summed E-state index contributed by atoms with van der Waals surface area (Å²) in [6.45, 7) is 1.94. The monoisotopic (exact) mass is 229 g/mol. The second-order valence-corrected chi connectivity index (χ2v) is 3.97. The van der Waals surface area contributed by atoms with Crippen molar-refractivity contribution in [1.29, 1.82) is 0 Å². The average molecular weight is 229 g/mol. The van der Waals surface area contributed by atoms with Gasteiger partial charge in [0.05, 0.1) is 0 Å². The summed E-state index contributed by atoms with van der Waals surface area (Å²) in [6.07, 6.45) is 0. The van der Waals surface area contributed by atoms with Gasteiger partial charge < -0.3 is 20.3 Å². The number of hydrogen-bond acceptors (Lipinski definition) is 4. The molecule has 0 saturated carbocycles. The molecule has 0 saturated heterocycles. The third-order valence-electron chi connectivity index (χ3n) is 2.75. The standard InChI is InChI=1S/C12H11N3O2/c1-6-12(10-5-11(13)17-15-10)8-3-2-7(16)4-9(8)14-6/h2-5,14,16H,13H2,1H3. The lowest BCUT2D eigenvalue weighted by Gasteiger charge is -1.95. The molecule has 2 aromatic heterocycles. The number of aryl methyl sites for hydroxylation is 1. The van der Waals surface area contributed by atoms with Crippen LogP contribution in [0.3, 0.4) is 0 Å². The van der Waals surface area contributed by atoms with Crippen LogP contribution in [-0.2, 0) is 0 Å². The number of rotatable bonds is 1. The number of H-pyrrole nitrogens is 1. The number of aromatic nitrogens is 2. The summed E-state index contributed by atoms with van der Waals surface area (Å²) in [5.41, 5.74) is 8.98. The summed E-state index contributed by atoms with van der Waals surface area (Å²) in [6, 6.07) is 6.84. The van der Waals surface area contributed by atoms with E-state index in [0.717, 1.165) is 22.2 Å². The number of hydrogen-bond donors (Lipinski definition) is 3. The molecule has 4 N–H and O–H groups in total. The minimum Gasteiger partial charge on any atom is -0.508 e. The van der Waals surface area contributed by atoms with Crippen LogP contribution in [0.4, 0.5) is 5.88 Å². The van der Waals surface area contributed by atoms with Crippen molar-refractivity contribution in [3.63, 3.8) is 0 Å². The van der Waals surface area contributed by atoms with Crippen LogP contribution >= 0.6 is 0 Å². The Bertz CT molecular complexity index is 697. The van der Waals surface area contributed by atoms with Crippen LogP contribution in [0, 0.1) is 6.92 Å². The molecule has 0 aliphatic heterocycles. The first-order chi connectivity index (χ1) is 8.15. The van der Waals surface area contributed by atoms with Crippen LogP contribution in [0.15, 0.2) is 28.8 Å². The lowest BCUT2D eigenvalue weighted by Crippen LogP contribution is -1.79. The van der Waals surface area contributed by atoms with Gasteiger partial charge in [0.25, 0.3) is 0 Å². The zero-order valence-electron chi connectivity index (χ0n) is 9.19. The van der Waals surface area contributed by atoms with Gasteiger partial charge in [-0.3, -0.25) is 0 Å². The summed E-state index contributed by atoms with van der Waals surface area (Å²) >= 11 is 0. The molecule has 0 unspecified atom stereocenters. The quantitative estimate of drug-likeness (QED) is 0.598. The van der Waals surface area contributed by atoms with E-state index in [-0.39, 0.29) is 11.6 Å². The molecule has 5 heteroatoms. The molecule has 3 rings (SSSR count). The fourth-order valence-electron chi connectivity index (χ4n) is 2.06. The first-order valence-electron chi connectivity index (χ1n) is 5.19. The minimum absolute atomic E-state index is 0.227. The van der Waals surface area contributed by atoms with Gasteiger partial charge in [-0.05, 0) is 19.1 Å². The number of phenols is 1. The predicted molar refractivity (Wildman–Crippen MR) is 64.6 cm³/mol. The largest absolute Gasteiger partial charge is 0.508 e. The number of aromatic hydroxyl groups is 1. The second kappa shape index (κ2) is 3.28. The Labute approximate surface area is 96.8 Å². The summed E-state index contributed by atoms with van der Waals surface area (Å²) in [5.74, 6) is 0.512. The van der Waals surface area contributed by atoms with E-state index in [4.69, 9.17) is 10.3 Å². The SMILES string of the molecule is Cc1[nH]c2cc(O)ccc2c1-c1cc(N)on1. The van der Waals surface area contributed by atoms with Gasteiger partial charge in [-0.1, -0.05) is 5.16 Å². The van der Waals surface area contributed by atoms with Crippen molar-refractivity contribution in [2.24, 2.45) is 0 Å². The van der Waals surface area contributed by atoms with E-state index in [0.29, 0.717) is 5.69 Å². The molecule has 86 valence electrons. The van der Waals surface area contributed by atoms with Gasteiger partial charge in [-0.15, -0.1) is 0 Å². The summed E-state index contributed by atoms with van der Waals surface area (Å²) < 4.78 is 4.88. The van der Waals surface area contributed by atoms with E-state index in [1.165, 1.54) is 0 Å². The molecule has 1 aromatic carbocycles. The third-order valence-corrected chi connectivity index (χ3v) is 2.75. The maximum Gasteiger partial charge on any atom is 0.222 e. The molecule has 0 bridgehead atoms. The molecule has 0 aliphatic rings. The van der Waals surface area contributed by atoms with Crippen molar-refractivity contribution in [3.05, 3.63) is 30.0 Å². The Morgan fingerprint density at radius 3 is 2.88 bits per heavy atom. The summed E-state index contributed by atoms with van der Waals surface area (Å²) in [5, 5.41) is 14.3. The molecule has 0 amide bonds. The first kappa shape index (κ1) is 9.77. The van der Waals surface area contributed by atoms with Crippen molar-refractivity contribution >= 4 is 16.8 Å². The highest BCUT2D eigenvalue weighted by Crippen LogP contribution is 2.33. The Morgan fingerprint density at radius 2 is 2.18 bits per heavy atom. The van der Waals surface area contributed by atoms with Gasteiger partial charge >= 0.3 is 0 Å². The highest BCUT2D eigenvalue weighted by molar-refractivity contribution is 5.97. The number of benzene rings is 1. The molecular weight excluding hydrogens is 218 g/mol. The Kier molecular flexibility index (Phi) is 1.89. The van der Waals surface area contributed by atoms with Crippen molar-refractivity contribution in [1.82, 2.24) is 10.1 Å². The fraction of sp³-hybridized carbons (Fsp3) is 0.0833. The van der Waals surface area contributed by atoms with E-state index in [1.807, 2.05) is 13.0 Å². The highest BCUT2D eigenvalue weighted by atomic mass is 16.5. The Balaban J connectivity index is 2.32. The number of nitrogens with one attached hydrogen (secondary N) is 1. The van der Waals surface area contributed by atoms with E-state index >= 15 is 0 Å². The summed E-state index contributed by atoms with van der Waals surface area (Å²) in [7, 11) is 0. The van der Waals surface area contributed by atoms with Gasteiger partial charge in [0.15, 0.2) is 0 Å². The van der Waals surface area contributed by atoms with Crippen molar-refractivity contribution in [2.75, 3.05) is 5.73 Å². The molecule has 3 aromatic rings. The topological polar surface area (TPSA) is 88.1 Å². The number of anilines is 1. The molecule has 0 fully saturated rings. The number of nitrogens with two attached hydrogens (primary N) is 1. The number of phenolic OH excluding ortho intramolecular Hbond substituents is 1. The van der Waals surface area contributed by atoms with Crippen LogP contribution < -0.4 is 5.73 Å². The smallest absolute Gasteiger partial charge is 0.222 e. The molecule has 17 heavy (non-hydrogen) atoms. The molecule has 0 radical (unpaired) electrons. The number of nitrogens with zero attached hydrogens (tertiary/aromatic N) is 1. The Morgan fingerprint density at radius 1 is 1.35 bits per heavy atom. The first-order valence-corrected chi connectivity index (χ1v) is 5.19. The number of fused-ring (bicyclic) bond motifs is 1. The second-order valence-electron chi connectivity index (χ2n) is 3.97. The van der Waals surface area contributed by atoms with E-state index in [1.54, 1.807) is 18.2 Å². The van der Waals surface area contributed by atoms with Gasteiger partial charge in [0.1, 0.15) is 11.4 Å². The van der Waals surface area contributed by atoms with Crippen molar-refractivity contribution in [3.8, 4) is 17.0 Å². The van der Waals surface area contributed by atoms with Gasteiger partial charge in [0, 0.05) is 34.3 Å². The molecule has 0 spiro atoms. The van der Waals surface area contributed by atoms with Gasteiger partial charge in [0.2, 0.25) is 5.88 Å². The van der Waals surface area contributed by atoms with E-state index in [2.05, 4.69) is 10.1 Å². The molecule has 0 atom stereocenters. The van der Waals surface area contributed by atoms with Crippen LogP contribution in [0.2, 0.25) is 0 Å². The number of nitrogen functional groups attached to an aromatic ring is 1. The van der Waals surface area contributed by atoms with Crippen molar-refractivity contribution < 1.29 is 9.63 Å². The van der Waals surface area contributed by atoms with Gasteiger partial charge in [-0.25, -0.2) is 0 Å². The van der Waals surface area contributed by atoms with Crippen molar-refractivity contribution in [2.45, 2.75) is 6.92 Å².